The van der Waals surface area contributed by atoms with Crippen molar-refractivity contribution >= 4 is 24.4 Å². The average Bonchev–Trinajstić information content (AvgIpc) is 2.25. The molecule has 0 fully saturated rings. The minimum atomic E-state index is -0.206. The van der Waals surface area contributed by atoms with Crippen LogP contribution in [-0.4, -0.2) is 19.4 Å². The van der Waals surface area contributed by atoms with Crippen molar-refractivity contribution in [2.24, 2.45) is 0 Å². The fraction of sp³-hybridized carbons (Fsp3) is 0.111. The topological polar surface area (TPSA) is 55.4 Å². The van der Waals surface area contributed by atoms with Crippen LogP contribution in [0.5, 0.6) is 0 Å². The Morgan fingerprint density at radius 3 is 2.86 bits per heavy atom. The number of carbonyl (C=O) groups is 2. The molecule has 0 radical (unpaired) electrons. The van der Waals surface area contributed by atoms with E-state index in [4.69, 9.17) is 0 Å². The van der Waals surface area contributed by atoms with Crippen LogP contribution < -0.4 is 5.32 Å². The fourth-order valence-electron chi connectivity index (χ4n) is 0.933. The second-order valence-corrected chi connectivity index (χ2v) is 3.15. The Morgan fingerprint density at radius 2 is 2.21 bits per heavy atom. The predicted molar refractivity (Wildman–Crippen MR) is 52.8 cm³/mol. The molecule has 1 aromatic carbocycles. The molecule has 0 aliphatic rings. The fourth-order valence-corrected chi connectivity index (χ4v) is 1.46. The first-order chi connectivity index (χ1) is 6.79. The highest BCUT2D eigenvalue weighted by Crippen LogP contribution is 2.22. The molecule has 0 aliphatic heterocycles. The van der Waals surface area contributed by atoms with Crippen LogP contribution in [0.2, 0.25) is 0 Å². The molecule has 0 spiro atoms. The third-order valence-corrected chi connectivity index (χ3v) is 2.25. The van der Waals surface area contributed by atoms with Crippen molar-refractivity contribution in [2.75, 3.05) is 7.05 Å². The van der Waals surface area contributed by atoms with E-state index in [9.17, 15) is 9.59 Å². The van der Waals surface area contributed by atoms with Gasteiger partial charge in [-0.15, -0.1) is 0 Å². The summed E-state index contributed by atoms with van der Waals surface area (Å²) in [5.74, 6) is -0.206. The van der Waals surface area contributed by atoms with E-state index in [-0.39, 0.29) is 5.91 Å². The van der Waals surface area contributed by atoms with Crippen molar-refractivity contribution in [1.82, 2.24) is 5.32 Å². The summed E-state index contributed by atoms with van der Waals surface area (Å²) in [5.41, 5.74) is 0.488. The number of nitrogens with one attached hydrogen (secondary N) is 1. The Bertz CT molecular complexity index is 341. The number of amides is 1. The Labute approximate surface area is 85.8 Å². The number of rotatable bonds is 4. The molecule has 14 heavy (non-hydrogen) atoms. The minimum absolute atomic E-state index is 0.206. The lowest BCUT2D eigenvalue weighted by atomic mass is 10.2. The standard InChI is InChI=1S/C9H9NO3S/c1-10-9(12)7-4-2-3-5-8(7)14-13-6-11/h2-6H,1H3,(H,10,12). The molecule has 0 aromatic heterocycles. The molecule has 0 heterocycles. The van der Waals surface area contributed by atoms with Gasteiger partial charge >= 0.3 is 6.47 Å². The lowest BCUT2D eigenvalue weighted by molar-refractivity contribution is -0.119. The molecule has 0 saturated heterocycles. The highest BCUT2D eigenvalue weighted by atomic mass is 32.2. The van der Waals surface area contributed by atoms with Gasteiger partial charge in [-0.2, -0.15) is 0 Å². The van der Waals surface area contributed by atoms with Gasteiger partial charge in [0.05, 0.1) is 22.5 Å². The first kappa shape index (κ1) is 10.6. The molecule has 1 aromatic rings. The van der Waals surface area contributed by atoms with Crippen LogP contribution in [0.4, 0.5) is 0 Å². The van der Waals surface area contributed by atoms with Gasteiger partial charge in [0.25, 0.3) is 5.91 Å². The molecular formula is C9H9NO3S. The van der Waals surface area contributed by atoms with Crippen LogP contribution in [0.15, 0.2) is 29.2 Å². The molecule has 74 valence electrons. The van der Waals surface area contributed by atoms with Crippen molar-refractivity contribution < 1.29 is 13.8 Å². The zero-order valence-electron chi connectivity index (χ0n) is 7.52. The van der Waals surface area contributed by atoms with E-state index in [1.807, 2.05) is 0 Å². The zero-order valence-corrected chi connectivity index (χ0v) is 8.34. The van der Waals surface area contributed by atoms with Gasteiger partial charge in [-0.25, -0.2) is 0 Å². The summed E-state index contributed by atoms with van der Waals surface area (Å²) in [6, 6.07) is 6.88. The number of carbonyl (C=O) groups excluding carboxylic acids is 2. The average molecular weight is 211 g/mol. The van der Waals surface area contributed by atoms with Crippen molar-refractivity contribution in [2.45, 2.75) is 4.90 Å². The molecular weight excluding hydrogens is 202 g/mol. The molecule has 0 atom stereocenters. The van der Waals surface area contributed by atoms with E-state index in [1.54, 1.807) is 31.3 Å². The van der Waals surface area contributed by atoms with Crippen molar-refractivity contribution in [3.05, 3.63) is 29.8 Å². The third-order valence-electron chi connectivity index (χ3n) is 1.54. The van der Waals surface area contributed by atoms with Gasteiger partial charge in [0.2, 0.25) is 0 Å². The first-order valence-corrected chi connectivity index (χ1v) is 4.62. The van der Waals surface area contributed by atoms with Crippen LogP contribution in [0.3, 0.4) is 0 Å². The molecule has 1 amide bonds. The van der Waals surface area contributed by atoms with Crippen LogP contribution in [0.25, 0.3) is 0 Å². The summed E-state index contributed by atoms with van der Waals surface area (Å²) < 4.78 is 4.51. The number of hydrogen-bond acceptors (Lipinski definition) is 4. The van der Waals surface area contributed by atoms with Crippen LogP contribution in [0.1, 0.15) is 10.4 Å². The van der Waals surface area contributed by atoms with Gasteiger partial charge < -0.3 is 9.50 Å². The highest BCUT2D eigenvalue weighted by Gasteiger charge is 2.09. The minimum Gasteiger partial charge on any atom is -0.388 e. The van der Waals surface area contributed by atoms with Gasteiger partial charge in [-0.05, 0) is 12.1 Å². The van der Waals surface area contributed by atoms with E-state index in [2.05, 4.69) is 9.50 Å². The lowest BCUT2D eigenvalue weighted by Crippen LogP contribution is -2.18. The predicted octanol–water partition coefficient (Wildman–Crippen LogP) is 1.23. The second-order valence-electron chi connectivity index (χ2n) is 2.35. The van der Waals surface area contributed by atoms with Crippen molar-refractivity contribution in [3.63, 3.8) is 0 Å². The number of benzene rings is 1. The van der Waals surface area contributed by atoms with E-state index in [0.717, 1.165) is 12.0 Å². The van der Waals surface area contributed by atoms with Gasteiger partial charge in [-0.1, -0.05) is 12.1 Å². The van der Waals surface area contributed by atoms with Gasteiger partial charge in [0.15, 0.2) is 0 Å². The quantitative estimate of drug-likeness (QED) is 0.601. The Hall–Kier alpha value is -1.49. The van der Waals surface area contributed by atoms with E-state index >= 15 is 0 Å². The lowest BCUT2D eigenvalue weighted by Gasteiger charge is -2.04. The smallest absolute Gasteiger partial charge is 0.305 e. The monoisotopic (exact) mass is 211 g/mol. The van der Waals surface area contributed by atoms with Crippen LogP contribution in [-0.2, 0) is 8.98 Å². The maximum atomic E-state index is 11.3. The van der Waals surface area contributed by atoms with Crippen LogP contribution >= 0.6 is 12.0 Å². The van der Waals surface area contributed by atoms with Gasteiger partial charge in [0, 0.05) is 7.05 Å². The largest absolute Gasteiger partial charge is 0.388 e. The summed E-state index contributed by atoms with van der Waals surface area (Å²) in [6.07, 6.45) is 0. The Morgan fingerprint density at radius 1 is 1.50 bits per heavy atom. The van der Waals surface area contributed by atoms with Gasteiger partial charge in [0.1, 0.15) is 0 Å². The van der Waals surface area contributed by atoms with E-state index < -0.39 is 0 Å². The molecule has 1 rings (SSSR count). The SMILES string of the molecule is CNC(=O)c1ccccc1SOC=O. The second kappa shape index (κ2) is 5.29. The first-order valence-electron chi connectivity index (χ1n) is 3.87. The Kier molecular flexibility index (Phi) is 4.00. The highest BCUT2D eigenvalue weighted by molar-refractivity contribution is 7.95. The molecule has 0 bridgehead atoms. The van der Waals surface area contributed by atoms with Crippen molar-refractivity contribution in [3.8, 4) is 0 Å². The van der Waals surface area contributed by atoms with Crippen molar-refractivity contribution in [1.29, 1.82) is 0 Å². The zero-order chi connectivity index (χ0) is 10.4. The molecule has 0 aliphatic carbocycles. The third kappa shape index (κ3) is 2.50. The maximum Gasteiger partial charge on any atom is 0.305 e. The normalized spacial score (nSPS) is 9.21. The van der Waals surface area contributed by atoms with Crippen LogP contribution in [0, 0.1) is 0 Å². The summed E-state index contributed by atoms with van der Waals surface area (Å²) >= 11 is 0.862. The molecule has 4 nitrogen and oxygen atoms in total. The summed E-state index contributed by atoms with van der Waals surface area (Å²) in [6.45, 7) is 0.325. The molecule has 5 heteroatoms. The Balaban J connectivity index is 2.90. The summed E-state index contributed by atoms with van der Waals surface area (Å²) in [4.78, 5) is 21.9. The van der Waals surface area contributed by atoms with E-state index in [0.29, 0.717) is 16.9 Å². The maximum absolute atomic E-state index is 11.3. The molecule has 0 saturated carbocycles. The molecule has 0 unspecified atom stereocenters. The summed E-state index contributed by atoms with van der Waals surface area (Å²) in [7, 11) is 1.55. The number of hydrogen-bond donors (Lipinski definition) is 1. The summed E-state index contributed by atoms with van der Waals surface area (Å²) in [5, 5.41) is 2.50. The van der Waals surface area contributed by atoms with E-state index in [1.165, 1.54) is 0 Å². The van der Waals surface area contributed by atoms with Gasteiger partial charge in [-0.3, -0.25) is 9.59 Å². The molecule has 1 N–H and O–H groups in total.